The number of hydrogen-bond acceptors (Lipinski definition) is 2. The minimum atomic E-state index is 0.592. The second kappa shape index (κ2) is 10.5. The fourth-order valence-corrected chi connectivity index (χ4v) is 2.96. The van der Waals surface area contributed by atoms with Crippen molar-refractivity contribution in [1.29, 1.82) is 0 Å². The summed E-state index contributed by atoms with van der Waals surface area (Å²) in [4.78, 5) is 0. The zero-order valence-electron chi connectivity index (χ0n) is 13.9. The molecular weight excluding hydrogens is 350 g/mol. The van der Waals surface area contributed by atoms with E-state index in [0.29, 0.717) is 6.61 Å². The monoisotopic (exact) mass is 375 g/mol. The Labute approximate surface area is 148 Å². The van der Waals surface area contributed by atoms with Gasteiger partial charge in [0.2, 0.25) is 0 Å². The molecule has 1 N–H and O–H groups in total. The fraction of sp³-hybridized carbons (Fsp3) is 0.400. The normalized spacial score (nSPS) is 10.7. The van der Waals surface area contributed by atoms with E-state index in [4.69, 9.17) is 4.74 Å². The van der Waals surface area contributed by atoms with Gasteiger partial charge in [0.25, 0.3) is 0 Å². The maximum absolute atomic E-state index is 5.88. The third kappa shape index (κ3) is 6.76. The number of ether oxygens (including phenoxy) is 1. The van der Waals surface area contributed by atoms with Crippen molar-refractivity contribution in [2.24, 2.45) is 0 Å². The zero-order valence-corrected chi connectivity index (χ0v) is 15.4. The van der Waals surface area contributed by atoms with Gasteiger partial charge in [0.1, 0.15) is 12.4 Å². The first-order valence-corrected chi connectivity index (χ1v) is 9.24. The Morgan fingerprint density at radius 3 is 2.52 bits per heavy atom. The van der Waals surface area contributed by atoms with Crippen LogP contribution >= 0.6 is 15.9 Å². The van der Waals surface area contributed by atoms with Gasteiger partial charge in [-0.2, -0.15) is 0 Å². The maximum atomic E-state index is 5.88. The van der Waals surface area contributed by atoms with Crippen LogP contribution in [0.15, 0.2) is 53.0 Å². The van der Waals surface area contributed by atoms with E-state index in [2.05, 4.69) is 52.4 Å². The molecule has 0 fully saturated rings. The van der Waals surface area contributed by atoms with Crippen LogP contribution in [-0.4, -0.2) is 6.54 Å². The van der Waals surface area contributed by atoms with E-state index >= 15 is 0 Å². The summed E-state index contributed by atoms with van der Waals surface area (Å²) < 4.78 is 6.89. The van der Waals surface area contributed by atoms with Crippen LogP contribution in [0.1, 0.15) is 43.7 Å². The van der Waals surface area contributed by atoms with E-state index in [1.165, 1.54) is 36.8 Å². The summed E-state index contributed by atoms with van der Waals surface area (Å²) in [5.74, 6) is 0.889. The third-order valence-electron chi connectivity index (χ3n) is 3.77. The lowest BCUT2D eigenvalue weighted by Crippen LogP contribution is -2.14. The van der Waals surface area contributed by atoms with Crippen LogP contribution in [0, 0.1) is 0 Å². The van der Waals surface area contributed by atoms with Gasteiger partial charge in [0, 0.05) is 6.54 Å². The molecule has 0 spiro atoms. The van der Waals surface area contributed by atoms with E-state index in [1.54, 1.807) is 0 Å². The van der Waals surface area contributed by atoms with Crippen molar-refractivity contribution in [3.05, 3.63) is 64.1 Å². The lowest BCUT2D eigenvalue weighted by atomic mass is 10.2. The molecule has 0 amide bonds. The maximum Gasteiger partial charge on any atom is 0.134 e. The molecule has 0 aliphatic rings. The van der Waals surface area contributed by atoms with Crippen molar-refractivity contribution >= 4 is 15.9 Å². The molecule has 0 aliphatic carbocycles. The molecule has 23 heavy (non-hydrogen) atoms. The molecule has 124 valence electrons. The van der Waals surface area contributed by atoms with Gasteiger partial charge in [0.15, 0.2) is 0 Å². The van der Waals surface area contributed by atoms with Crippen LogP contribution in [0.25, 0.3) is 0 Å². The van der Waals surface area contributed by atoms with Crippen molar-refractivity contribution in [2.75, 3.05) is 6.54 Å². The SMILES string of the molecule is CCCCCCNCc1ccc(OCc2ccccc2)c(Br)c1. The predicted octanol–water partition coefficient (Wildman–Crippen LogP) is 5.70. The van der Waals surface area contributed by atoms with Crippen molar-refractivity contribution in [3.63, 3.8) is 0 Å². The van der Waals surface area contributed by atoms with Crippen molar-refractivity contribution in [1.82, 2.24) is 5.32 Å². The Hall–Kier alpha value is -1.32. The Morgan fingerprint density at radius 2 is 1.78 bits per heavy atom. The summed E-state index contributed by atoms with van der Waals surface area (Å²) >= 11 is 3.61. The molecular formula is C20H26BrNO. The molecule has 0 atom stereocenters. The highest BCUT2D eigenvalue weighted by Crippen LogP contribution is 2.26. The van der Waals surface area contributed by atoms with Gasteiger partial charge in [-0.25, -0.2) is 0 Å². The first kappa shape index (κ1) is 18.0. The van der Waals surface area contributed by atoms with Crippen LogP contribution in [0.3, 0.4) is 0 Å². The first-order valence-electron chi connectivity index (χ1n) is 8.45. The smallest absolute Gasteiger partial charge is 0.134 e. The highest BCUT2D eigenvalue weighted by molar-refractivity contribution is 9.10. The Bertz CT molecular complexity index is 571. The highest BCUT2D eigenvalue weighted by Gasteiger charge is 2.03. The first-order chi connectivity index (χ1) is 11.3. The average molecular weight is 376 g/mol. The molecule has 3 heteroatoms. The van der Waals surface area contributed by atoms with E-state index in [1.807, 2.05) is 24.3 Å². The number of hydrogen-bond donors (Lipinski definition) is 1. The van der Waals surface area contributed by atoms with Crippen molar-refractivity contribution in [2.45, 2.75) is 45.8 Å². The average Bonchev–Trinajstić information content (AvgIpc) is 2.58. The standard InChI is InChI=1S/C20H26BrNO/c1-2-3-4-8-13-22-15-18-11-12-20(19(21)14-18)23-16-17-9-6-5-7-10-17/h5-7,9-12,14,22H,2-4,8,13,15-16H2,1H3. The summed E-state index contributed by atoms with van der Waals surface area (Å²) in [6.45, 7) is 4.83. The molecule has 0 aromatic heterocycles. The molecule has 2 rings (SSSR count). The second-order valence-corrected chi connectivity index (χ2v) is 6.63. The summed E-state index contributed by atoms with van der Waals surface area (Å²) in [5.41, 5.74) is 2.46. The van der Waals surface area contributed by atoms with Gasteiger partial charge in [-0.3, -0.25) is 0 Å². The summed E-state index contributed by atoms with van der Waals surface area (Å²) in [7, 11) is 0. The Morgan fingerprint density at radius 1 is 0.957 bits per heavy atom. The number of halogens is 1. The molecule has 2 aromatic carbocycles. The Kier molecular flexibility index (Phi) is 8.19. The van der Waals surface area contributed by atoms with Crippen molar-refractivity contribution in [3.8, 4) is 5.75 Å². The molecule has 0 unspecified atom stereocenters. The van der Waals surface area contributed by atoms with Gasteiger partial charge in [-0.05, 0) is 52.2 Å². The number of benzene rings is 2. The lowest BCUT2D eigenvalue weighted by Gasteiger charge is -2.10. The van der Waals surface area contributed by atoms with Crippen LogP contribution in [-0.2, 0) is 13.2 Å². The molecule has 2 nitrogen and oxygen atoms in total. The number of unbranched alkanes of at least 4 members (excludes halogenated alkanes) is 3. The number of rotatable bonds is 10. The highest BCUT2D eigenvalue weighted by atomic mass is 79.9. The summed E-state index contributed by atoms with van der Waals surface area (Å²) in [5, 5.41) is 3.50. The van der Waals surface area contributed by atoms with Gasteiger partial charge in [-0.15, -0.1) is 0 Å². The summed E-state index contributed by atoms with van der Waals surface area (Å²) in [6, 6.07) is 16.5. The minimum Gasteiger partial charge on any atom is -0.488 e. The Balaban J connectivity index is 1.76. The van der Waals surface area contributed by atoms with E-state index in [0.717, 1.165) is 23.3 Å². The van der Waals surface area contributed by atoms with Gasteiger partial charge >= 0.3 is 0 Å². The number of nitrogens with one attached hydrogen (secondary N) is 1. The van der Waals surface area contributed by atoms with Crippen molar-refractivity contribution < 1.29 is 4.74 Å². The fourth-order valence-electron chi connectivity index (χ4n) is 2.42. The van der Waals surface area contributed by atoms with Crippen LogP contribution in [0.5, 0.6) is 5.75 Å². The topological polar surface area (TPSA) is 21.3 Å². The molecule has 0 saturated heterocycles. The van der Waals surface area contributed by atoms with E-state index in [9.17, 15) is 0 Å². The largest absolute Gasteiger partial charge is 0.488 e. The van der Waals surface area contributed by atoms with E-state index in [-0.39, 0.29) is 0 Å². The molecule has 0 saturated carbocycles. The summed E-state index contributed by atoms with van der Waals surface area (Å²) in [6.07, 6.45) is 5.20. The molecule has 0 aliphatic heterocycles. The van der Waals surface area contributed by atoms with Crippen LogP contribution in [0.4, 0.5) is 0 Å². The second-order valence-electron chi connectivity index (χ2n) is 5.78. The molecule has 0 heterocycles. The third-order valence-corrected chi connectivity index (χ3v) is 4.39. The van der Waals surface area contributed by atoms with Gasteiger partial charge in [-0.1, -0.05) is 62.6 Å². The minimum absolute atomic E-state index is 0.592. The lowest BCUT2D eigenvalue weighted by molar-refractivity contribution is 0.304. The molecule has 2 aromatic rings. The van der Waals surface area contributed by atoms with Gasteiger partial charge < -0.3 is 10.1 Å². The van der Waals surface area contributed by atoms with Crippen LogP contribution < -0.4 is 10.1 Å². The van der Waals surface area contributed by atoms with E-state index < -0.39 is 0 Å². The van der Waals surface area contributed by atoms with Gasteiger partial charge in [0.05, 0.1) is 4.47 Å². The molecule has 0 bridgehead atoms. The zero-order chi connectivity index (χ0) is 16.3. The molecule has 0 radical (unpaired) electrons. The predicted molar refractivity (Wildman–Crippen MR) is 101 cm³/mol. The quantitative estimate of drug-likeness (QED) is 0.537. The van der Waals surface area contributed by atoms with Crippen LogP contribution in [0.2, 0.25) is 0 Å².